The van der Waals surface area contributed by atoms with E-state index in [9.17, 15) is 22.4 Å². The molecule has 0 radical (unpaired) electrons. The second-order valence-electron chi connectivity index (χ2n) is 5.61. The highest BCUT2D eigenvalue weighted by atomic mass is 79.9. The predicted molar refractivity (Wildman–Crippen MR) is 90.6 cm³/mol. The molecule has 0 bridgehead atoms. The van der Waals surface area contributed by atoms with Crippen molar-refractivity contribution < 1.29 is 22.4 Å². The average molecular weight is 437 g/mol. The van der Waals surface area contributed by atoms with E-state index in [4.69, 9.17) is 11.6 Å². The lowest BCUT2D eigenvalue weighted by atomic mass is 10.1. The fraction of sp³-hybridized carbons (Fsp3) is 0.235. The van der Waals surface area contributed by atoms with E-state index in [0.29, 0.717) is 12.0 Å². The Hall–Kier alpha value is -1.60. The van der Waals surface area contributed by atoms with E-state index < -0.39 is 28.3 Å². The van der Waals surface area contributed by atoms with E-state index in [1.54, 1.807) is 0 Å². The third-order valence-corrected chi connectivity index (χ3v) is 5.15. The molecule has 0 aliphatic carbocycles. The topological polar surface area (TPSA) is 20.3 Å². The van der Waals surface area contributed by atoms with Crippen LogP contribution in [0.25, 0.3) is 0 Å². The van der Waals surface area contributed by atoms with Crippen molar-refractivity contribution >= 4 is 39.1 Å². The van der Waals surface area contributed by atoms with E-state index >= 15 is 0 Å². The summed E-state index contributed by atoms with van der Waals surface area (Å²) in [4.78, 5) is 12.9. The number of hydrogen-bond donors (Lipinski definition) is 0. The van der Waals surface area contributed by atoms with Crippen LogP contribution >= 0.6 is 27.5 Å². The van der Waals surface area contributed by atoms with Gasteiger partial charge >= 0.3 is 6.18 Å². The van der Waals surface area contributed by atoms with Crippen LogP contribution in [0.2, 0.25) is 5.02 Å². The van der Waals surface area contributed by atoms with Gasteiger partial charge in [-0.15, -0.1) is 0 Å². The molecule has 1 heterocycles. The van der Waals surface area contributed by atoms with Gasteiger partial charge in [-0.1, -0.05) is 39.7 Å². The highest BCUT2D eigenvalue weighted by molar-refractivity contribution is 9.09. The van der Waals surface area contributed by atoms with Crippen molar-refractivity contribution in [2.24, 2.45) is 0 Å². The molecule has 1 aliphatic rings. The number of halogens is 6. The molecule has 0 saturated carbocycles. The van der Waals surface area contributed by atoms with Gasteiger partial charge in [0.05, 0.1) is 5.56 Å². The van der Waals surface area contributed by atoms with Crippen LogP contribution in [-0.2, 0) is 17.4 Å². The molecule has 1 aliphatic heterocycles. The van der Waals surface area contributed by atoms with E-state index in [-0.39, 0.29) is 22.8 Å². The summed E-state index contributed by atoms with van der Waals surface area (Å²) >= 11 is 8.85. The molecule has 3 rings (SSSR count). The van der Waals surface area contributed by atoms with Crippen LogP contribution in [-0.4, -0.2) is 12.5 Å². The fourth-order valence-corrected chi connectivity index (χ4v) is 3.54. The molecule has 2 nitrogen and oxygen atoms in total. The zero-order valence-corrected chi connectivity index (χ0v) is 14.9. The van der Waals surface area contributed by atoms with Crippen molar-refractivity contribution in [1.82, 2.24) is 0 Å². The van der Waals surface area contributed by atoms with Crippen LogP contribution in [0.15, 0.2) is 36.4 Å². The zero-order valence-electron chi connectivity index (χ0n) is 12.6. The van der Waals surface area contributed by atoms with E-state index in [0.717, 1.165) is 18.2 Å². The van der Waals surface area contributed by atoms with Crippen LogP contribution in [0.1, 0.15) is 21.5 Å². The Labute approximate surface area is 154 Å². The van der Waals surface area contributed by atoms with Crippen molar-refractivity contribution in [3.05, 3.63) is 63.9 Å². The van der Waals surface area contributed by atoms with Gasteiger partial charge in [-0.25, -0.2) is 4.39 Å². The predicted octanol–water partition coefficient (Wildman–Crippen LogP) is 5.52. The number of amides is 1. The minimum atomic E-state index is -4.50. The number of nitrogens with zero attached hydrogens (tertiary/aromatic N) is 1. The Balaban J connectivity index is 1.93. The normalized spacial score (nSPS) is 15.2. The van der Waals surface area contributed by atoms with Gasteiger partial charge < -0.3 is 4.90 Å². The van der Waals surface area contributed by atoms with Crippen molar-refractivity contribution in [3.63, 3.8) is 0 Å². The van der Waals surface area contributed by atoms with Crippen LogP contribution in [0.4, 0.5) is 23.2 Å². The molecule has 1 atom stereocenters. The maximum atomic E-state index is 14.0. The maximum Gasteiger partial charge on any atom is 0.416 e. The third kappa shape index (κ3) is 3.53. The molecule has 2 aromatic rings. The molecule has 1 unspecified atom stereocenters. The standard InChI is InChI=1S/C17H11BrClF4NO/c18-15(12-4-3-11(19)8-13(12)20)16(25)24-6-5-9-1-2-10(7-14(9)24)17(21,22)23/h1-4,7-8,15H,5-6H2. The summed E-state index contributed by atoms with van der Waals surface area (Å²) in [6, 6.07) is 7.23. The molecule has 0 spiro atoms. The van der Waals surface area contributed by atoms with Gasteiger partial charge in [0, 0.05) is 22.8 Å². The van der Waals surface area contributed by atoms with Crippen molar-refractivity contribution in [3.8, 4) is 0 Å². The lowest BCUT2D eigenvalue weighted by molar-refractivity contribution is -0.137. The summed E-state index contributed by atoms with van der Waals surface area (Å²) in [5, 5.41) is 0.190. The lowest BCUT2D eigenvalue weighted by Gasteiger charge is -2.22. The largest absolute Gasteiger partial charge is 0.416 e. The minimum absolute atomic E-state index is 0.0785. The first-order valence-electron chi connectivity index (χ1n) is 7.29. The first-order valence-corrected chi connectivity index (χ1v) is 8.58. The highest BCUT2D eigenvalue weighted by Gasteiger charge is 2.35. The van der Waals surface area contributed by atoms with Crippen molar-refractivity contribution in [2.75, 3.05) is 11.4 Å². The van der Waals surface area contributed by atoms with Crippen LogP contribution in [0.3, 0.4) is 0 Å². The molecule has 2 aromatic carbocycles. The van der Waals surface area contributed by atoms with Gasteiger partial charge in [-0.3, -0.25) is 4.79 Å². The SMILES string of the molecule is O=C(C(Br)c1ccc(Cl)cc1F)N1CCc2ccc(C(F)(F)F)cc21. The Morgan fingerprint density at radius 1 is 1.20 bits per heavy atom. The molecule has 0 fully saturated rings. The van der Waals surface area contributed by atoms with E-state index in [1.807, 2.05) is 0 Å². The third-order valence-electron chi connectivity index (χ3n) is 4.03. The van der Waals surface area contributed by atoms with Crippen LogP contribution < -0.4 is 4.90 Å². The summed E-state index contributed by atoms with van der Waals surface area (Å²) < 4.78 is 52.8. The average Bonchev–Trinajstić information content (AvgIpc) is 2.95. The first kappa shape index (κ1) is 18.2. The summed E-state index contributed by atoms with van der Waals surface area (Å²) in [7, 11) is 0. The number of fused-ring (bicyclic) bond motifs is 1. The Morgan fingerprint density at radius 2 is 1.92 bits per heavy atom. The number of carbonyl (C=O) groups is 1. The number of hydrogen-bond acceptors (Lipinski definition) is 1. The van der Waals surface area contributed by atoms with Gasteiger partial charge in [0.2, 0.25) is 5.91 Å². The van der Waals surface area contributed by atoms with Gasteiger partial charge in [0.15, 0.2) is 0 Å². The highest BCUT2D eigenvalue weighted by Crippen LogP contribution is 2.38. The molecule has 0 saturated heterocycles. The Bertz CT molecular complexity index is 840. The van der Waals surface area contributed by atoms with Gasteiger partial charge in [0.1, 0.15) is 10.6 Å². The molecular formula is C17H11BrClF4NO. The minimum Gasteiger partial charge on any atom is -0.311 e. The van der Waals surface area contributed by atoms with Gasteiger partial charge in [0.25, 0.3) is 0 Å². The van der Waals surface area contributed by atoms with E-state index in [2.05, 4.69) is 15.9 Å². The Kier molecular flexibility index (Phi) is 4.81. The first-order chi connectivity index (χ1) is 11.7. The second kappa shape index (κ2) is 6.61. The summed E-state index contributed by atoms with van der Waals surface area (Å²) in [5.74, 6) is -1.19. The molecule has 0 N–H and O–H groups in total. The van der Waals surface area contributed by atoms with Crippen molar-refractivity contribution in [2.45, 2.75) is 17.4 Å². The molecule has 8 heteroatoms. The quantitative estimate of drug-likeness (QED) is 0.448. The number of rotatable bonds is 2. The monoisotopic (exact) mass is 435 g/mol. The number of carbonyl (C=O) groups excluding carboxylic acids is 1. The summed E-state index contributed by atoms with van der Waals surface area (Å²) in [6.45, 7) is 0.243. The van der Waals surface area contributed by atoms with Gasteiger partial charge in [-0.05, 0) is 36.2 Å². The second-order valence-corrected chi connectivity index (χ2v) is 6.96. The molecule has 1 amide bonds. The van der Waals surface area contributed by atoms with Crippen molar-refractivity contribution in [1.29, 1.82) is 0 Å². The van der Waals surface area contributed by atoms with E-state index in [1.165, 1.54) is 23.1 Å². The van der Waals surface area contributed by atoms with Crippen LogP contribution in [0, 0.1) is 5.82 Å². The molecule has 25 heavy (non-hydrogen) atoms. The summed E-state index contributed by atoms with van der Waals surface area (Å²) in [5.41, 5.74) is 0.112. The summed E-state index contributed by atoms with van der Waals surface area (Å²) in [6.07, 6.45) is -4.05. The van der Waals surface area contributed by atoms with Gasteiger partial charge in [-0.2, -0.15) is 13.2 Å². The number of anilines is 1. The fourth-order valence-electron chi connectivity index (χ4n) is 2.76. The molecule has 0 aromatic heterocycles. The maximum absolute atomic E-state index is 14.0. The molecular weight excluding hydrogens is 426 g/mol. The smallest absolute Gasteiger partial charge is 0.311 e. The number of benzene rings is 2. The number of alkyl halides is 4. The molecule has 132 valence electrons. The zero-order chi connectivity index (χ0) is 18.4. The van der Waals surface area contributed by atoms with Crippen LogP contribution in [0.5, 0.6) is 0 Å². The lowest BCUT2D eigenvalue weighted by Crippen LogP contribution is -2.32. The Morgan fingerprint density at radius 3 is 2.56 bits per heavy atom.